The number of benzene rings is 1. The fourth-order valence-corrected chi connectivity index (χ4v) is 4.59. The van der Waals surface area contributed by atoms with Gasteiger partial charge >= 0.3 is 0 Å². The Kier molecular flexibility index (Phi) is 4.95. The predicted molar refractivity (Wildman–Crippen MR) is 93.5 cm³/mol. The van der Waals surface area contributed by atoms with E-state index in [1.54, 1.807) is 4.90 Å². The molecule has 4 rings (SSSR count). The van der Waals surface area contributed by atoms with Crippen LogP contribution in [-0.4, -0.2) is 79.8 Å². The van der Waals surface area contributed by atoms with Crippen LogP contribution in [-0.2, 0) is 6.54 Å². The van der Waals surface area contributed by atoms with Gasteiger partial charge in [0.1, 0.15) is 6.54 Å². The van der Waals surface area contributed by atoms with Crippen molar-refractivity contribution in [3.05, 3.63) is 35.9 Å². The number of fused-ring (bicyclic) bond motifs is 1. The molecular formula is C19H31N4+. The summed E-state index contributed by atoms with van der Waals surface area (Å²) < 4.78 is 0. The van der Waals surface area contributed by atoms with Crippen molar-refractivity contribution in [2.24, 2.45) is 0 Å². The molecule has 3 aliphatic heterocycles. The Morgan fingerprint density at radius 1 is 0.826 bits per heavy atom. The first kappa shape index (κ1) is 15.6. The van der Waals surface area contributed by atoms with Gasteiger partial charge < -0.3 is 4.90 Å². The Hall–Kier alpha value is -0.940. The van der Waals surface area contributed by atoms with Gasteiger partial charge in [0.25, 0.3) is 0 Å². The van der Waals surface area contributed by atoms with Gasteiger partial charge in [0.15, 0.2) is 0 Å². The third kappa shape index (κ3) is 3.77. The highest BCUT2D eigenvalue weighted by Gasteiger charge is 2.34. The number of hydrogen-bond acceptors (Lipinski definition) is 3. The molecule has 1 aromatic rings. The molecular weight excluding hydrogens is 284 g/mol. The summed E-state index contributed by atoms with van der Waals surface area (Å²) in [6, 6.07) is 11.0. The van der Waals surface area contributed by atoms with Crippen LogP contribution < -0.4 is 4.90 Å². The molecule has 1 aromatic carbocycles. The molecule has 3 fully saturated rings. The van der Waals surface area contributed by atoms with Crippen molar-refractivity contribution in [2.75, 3.05) is 58.9 Å². The van der Waals surface area contributed by atoms with Crippen molar-refractivity contribution < 1.29 is 4.90 Å². The molecule has 1 N–H and O–H groups in total. The first-order chi connectivity index (χ1) is 11.4. The van der Waals surface area contributed by atoms with Crippen molar-refractivity contribution in [3.8, 4) is 0 Å². The van der Waals surface area contributed by atoms with Crippen LogP contribution in [0.25, 0.3) is 0 Å². The standard InChI is InChI=1S/C19H30N4/c1-2-6-18(7-3-1)16-20-8-4-9-21-13-15-23-11-5-10-22(14-12-20)19(23)17-21/h1-3,6-7,19H,4-5,8-17H2/p+1. The minimum atomic E-state index is 0.688. The van der Waals surface area contributed by atoms with E-state index in [-0.39, 0.29) is 0 Å². The van der Waals surface area contributed by atoms with Crippen LogP contribution in [0.4, 0.5) is 0 Å². The summed E-state index contributed by atoms with van der Waals surface area (Å²) in [6.07, 6.45) is 3.38. The van der Waals surface area contributed by atoms with Gasteiger partial charge in [-0.25, -0.2) is 0 Å². The highest BCUT2D eigenvalue weighted by Crippen LogP contribution is 2.19. The first-order valence-electron chi connectivity index (χ1n) is 9.46. The van der Waals surface area contributed by atoms with Gasteiger partial charge in [-0.1, -0.05) is 30.3 Å². The van der Waals surface area contributed by atoms with E-state index in [9.17, 15) is 0 Å². The van der Waals surface area contributed by atoms with Crippen LogP contribution in [0, 0.1) is 0 Å². The molecule has 3 heterocycles. The zero-order valence-electron chi connectivity index (χ0n) is 14.3. The molecule has 0 saturated carbocycles. The lowest BCUT2D eigenvalue weighted by Crippen LogP contribution is -3.11. The predicted octanol–water partition coefficient (Wildman–Crippen LogP) is 0.125. The average Bonchev–Trinajstić information content (AvgIpc) is 2.60. The summed E-state index contributed by atoms with van der Waals surface area (Å²) >= 11 is 0. The topological polar surface area (TPSA) is 14.2 Å². The summed E-state index contributed by atoms with van der Waals surface area (Å²) in [5.41, 5.74) is 1.49. The van der Waals surface area contributed by atoms with Crippen LogP contribution in [0.3, 0.4) is 0 Å². The Morgan fingerprint density at radius 2 is 1.65 bits per heavy atom. The first-order valence-corrected chi connectivity index (χ1v) is 9.46. The minimum Gasteiger partial charge on any atom is -0.330 e. The molecule has 3 atom stereocenters. The van der Waals surface area contributed by atoms with Crippen LogP contribution in [0.5, 0.6) is 0 Å². The molecule has 4 nitrogen and oxygen atoms in total. The number of hydrogen-bond donors (Lipinski definition) is 1. The highest BCUT2D eigenvalue weighted by molar-refractivity contribution is 5.13. The largest absolute Gasteiger partial charge is 0.330 e. The monoisotopic (exact) mass is 315 g/mol. The van der Waals surface area contributed by atoms with E-state index in [1.165, 1.54) is 83.9 Å². The lowest BCUT2D eigenvalue weighted by molar-refractivity contribution is -0.913. The maximum Gasteiger partial charge on any atom is 0.103 e. The molecule has 4 heteroatoms. The molecule has 0 aliphatic carbocycles. The third-order valence-corrected chi connectivity index (χ3v) is 5.91. The zero-order chi connectivity index (χ0) is 15.5. The molecule has 0 spiro atoms. The summed E-state index contributed by atoms with van der Waals surface area (Å²) in [5, 5.41) is 0. The van der Waals surface area contributed by atoms with E-state index in [0.717, 1.165) is 0 Å². The highest BCUT2D eigenvalue weighted by atomic mass is 15.4. The Morgan fingerprint density at radius 3 is 2.52 bits per heavy atom. The summed E-state index contributed by atoms with van der Waals surface area (Å²) in [5.74, 6) is 0. The van der Waals surface area contributed by atoms with Crippen LogP contribution in [0.2, 0.25) is 0 Å². The Balaban J connectivity index is 1.44. The van der Waals surface area contributed by atoms with Gasteiger partial charge in [-0.3, -0.25) is 14.7 Å². The van der Waals surface area contributed by atoms with Crippen molar-refractivity contribution in [1.29, 1.82) is 0 Å². The van der Waals surface area contributed by atoms with Crippen LogP contribution >= 0.6 is 0 Å². The number of nitrogens with one attached hydrogen (secondary N) is 1. The Labute approximate surface area is 140 Å². The second kappa shape index (κ2) is 7.31. The van der Waals surface area contributed by atoms with Gasteiger partial charge in [-0.2, -0.15) is 0 Å². The van der Waals surface area contributed by atoms with E-state index in [1.807, 2.05) is 0 Å². The Bertz CT molecular complexity index is 491. The van der Waals surface area contributed by atoms with Gasteiger partial charge in [0, 0.05) is 57.8 Å². The maximum absolute atomic E-state index is 2.77. The molecule has 3 unspecified atom stereocenters. The fourth-order valence-electron chi connectivity index (χ4n) is 4.59. The molecule has 0 aromatic heterocycles. The smallest absolute Gasteiger partial charge is 0.103 e. The number of quaternary nitrogens is 1. The second-order valence-electron chi connectivity index (χ2n) is 7.47. The zero-order valence-corrected chi connectivity index (χ0v) is 14.3. The molecule has 2 bridgehead atoms. The molecule has 3 aliphatic rings. The normalized spacial score (nSPS) is 33.3. The maximum atomic E-state index is 2.77. The van der Waals surface area contributed by atoms with Crippen LogP contribution in [0.15, 0.2) is 30.3 Å². The fraction of sp³-hybridized carbons (Fsp3) is 0.684. The second-order valence-corrected chi connectivity index (χ2v) is 7.47. The SMILES string of the molecule is c1ccc(C[NH+]2CCCN3CCN4CCCN(CC2)C4C3)cc1. The molecule has 23 heavy (non-hydrogen) atoms. The van der Waals surface area contributed by atoms with Crippen molar-refractivity contribution in [3.63, 3.8) is 0 Å². The molecule has 126 valence electrons. The molecule has 0 radical (unpaired) electrons. The van der Waals surface area contributed by atoms with E-state index in [4.69, 9.17) is 0 Å². The van der Waals surface area contributed by atoms with Gasteiger partial charge in [-0.05, 0) is 6.42 Å². The quantitative estimate of drug-likeness (QED) is 0.834. The van der Waals surface area contributed by atoms with E-state index in [2.05, 4.69) is 45.0 Å². The van der Waals surface area contributed by atoms with Crippen molar-refractivity contribution >= 4 is 0 Å². The number of rotatable bonds is 2. The van der Waals surface area contributed by atoms with Crippen molar-refractivity contribution in [2.45, 2.75) is 25.6 Å². The number of nitrogens with zero attached hydrogens (tertiary/aromatic N) is 3. The van der Waals surface area contributed by atoms with Crippen LogP contribution in [0.1, 0.15) is 18.4 Å². The number of piperazine rings is 1. The van der Waals surface area contributed by atoms with E-state index < -0.39 is 0 Å². The lowest BCUT2D eigenvalue weighted by Gasteiger charge is -2.50. The lowest BCUT2D eigenvalue weighted by atomic mass is 10.1. The average molecular weight is 315 g/mol. The van der Waals surface area contributed by atoms with Gasteiger partial charge in [-0.15, -0.1) is 0 Å². The van der Waals surface area contributed by atoms with E-state index in [0.29, 0.717) is 6.17 Å². The molecule has 0 amide bonds. The van der Waals surface area contributed by atoms with Crippen molar-refractivity contribution in [1.82, 2.24) is 14.7 Å². The van der Waals surface area contributed by atoms with Gasteiger partial charge in [0.05, 0.1) is 19.3 Å². The van der Waals surface area contributed by atoms with Gasteiger partial charge in [0.2, 0.25) is 0 Å². The summed E-state index contributed by atoms with van der Waals surface area (Å²) in [4.78, 5) is 9.98. The minimum absolute atomic E-state index is 0.688. The molecule has 3 saturated heterocycles. The third-order valence-electron chi connectivity index (χ3n) is 5.91. The summed E-state index contributed by atoms with van der Waals surface area (Å²) in [7, 11) is 0. The van der Waals surface area contributed by atoms with E-state index >= 15 is 0 Å². The summed E-state index contributed by atoms with van der Waals surface area (Å²) in [6.45, 7) is 12.8.